The normalized spacial score (nSPS) is 14.4. The number of hydrogen-bond donors (Lipinski definition) is 1. The molecule has 214 valence electrons. The summed E-state index contributed by atoms with van der Waals surface area (Å²) in [5, 5.41) is 2.72. The molecule has 0 aliphatic carbocycles. The first-order chi connectivity index (χ1) is 19.7. The molecule has 8 heteroatoms. The van der Waals surface area contributed by atoms with Gasteiger partial charge in [-0.2, -0.15) is 0 Å². The number of carbonyl (C=O) groups is 3. The highest BCUT2D eigenvalue weighted by Crippen LogP contribution is 2.40. The second kappa shape index (κ2) is 13.3. The second-order valence-electron chi connectivity index (χ2n) is 10.9. The number of carbonyl (C=O) groups excluding carboxylic acids is 3. The number of amides is 2. The van der Waals surface area contributed by atoms with E-state index in [1.165, 1.54) is 4.90 Å². The molecule has 0 aromatic heterocycles. The Bertz CT molecular complexity index is 1310. The third-order valence-corrected chi connectivity index (χ3v) is 6.59. The Morgan fingerprint density at radius 2 is 1.39 bits per heavy atom. The molecule has 3 aromatic rings. The zero-order valence-corrected chi connectivity index (χ0v) is 23.8. The van der Waals surface area contributed by atoms with Crippen LogP contribution in [0, 0.1) is 0 Å². The molecule has 1 heterocycles. The third kappa shape index (κ3) is 7.60. The van der Waals surface area contributed by atoms with E-state index in [4.69, 9.17) is 14.5 Å². The smallest absolute Gasteiger partial charge is 0.414 e. The predicted molar refractivity (Wildman–Crippen MR) is 157 cm³/mol. The number of unbranched alkanes of at least 4 members (excludes halogenated alkanes) is 2. The van der Waals surface area contributed by atoms with Crippen molar-refractivity contribution in [3.8, 4) is 0 Å². The molecule has 0 fully saturated rings. The van der Waals surface area contributed by atoms with Gasteiger partial charge in [-0.05, 0) is 50.3 Å². The van der Waals surface area contributed by atoms with Crippen LogP contribution in [0.5, 0.6) is 0 Å². The van der Waals surface area contributed by atoms with Crippen molar-refractivity contribution in [1.29, 1.82) is 0 Å². The maximum absolute atomic E-state index is 14.2. The van der Waals surface area contributed by atoms with Crippen molar-refractivity contribution in [1.82, 2.24) is 10.2 Å². The first kappa shape index (κ1) is 29.5. The van der Waals surface area contributed by atoms with Gasteiger partial charge in [0.15, 0.2) is 5.54 Å². The maximum Gasteiger partial charge on any atom is 0.414 e. The summed E-state index contributed by atoms with van der Waals surface area (Å²) in [6, 6.07) is 28.2. The van der Waals surface area contributed by atoms with Gasteiger partial charge in [-0.3, -0.25) is 19.8 Å². The minimum atomic E-state index is -1.35. The van der Waals surface area contributed by atoms with Crippen molar-refractivity contribution in [2.75, 3.05) is 6.54 Å². The monoisotopic (exact) mass is 555 g/mol. The van der Waals surface area contributed by atoms with Crippen molar-refractivity contribution in [2.24, 2.45) is 4.99 Å². The number of guanidine groups is 1. The average Bonchev–Trinajstić information content (AvgIpc) is 3.23. The maximum atomic E-state index is 14.2. The zero-order chi connectivity index (χ0) is 29.3. The molecule has 0 bridgehead atoms. The van der Waals surface area contributed by atoms with Gasteiger partial charge in [-0.25, -0.2) is 9.79 Å². The Hall–Kier alpha value is -4.46. The molecule has 0 radical (unpaired) electrons. The summed E-state index contributed by atoms with van der Waals surface area (Å²) in [6.07, 6.45) is 1.51. The van der Waals surface area contributed by atoms with Gasteiger partial charge < -0.3 is 9.47 Å². The predicted octanol–water partition coefficient (Wildman–Crippen LogP) is 5.96. The lowest BCUT2D eigenvalue weighted by Gasteiger charge is -2.27. The number of nitrogens with zero attached hydrogens (tertiary/aromatic N) is 2. The first-order valence-electron chi connectivity index (χ1n) is 13.9. The molecule has 0 saturated carbocycles. The highest BCUT2D eigenvalue weighted by Gasteiger charge is 2.51. The van der Waals surface area contributed by atoms with Crippen LogP contribution in [0.15, 0.2) is 96.0 Å². The van der Waals surface area contributed by atoms with Crippen molar-refractivity contribution < 1.29 is 23.9 Å². The fraction of sp³-hybridized carbons (Fsp3) is 0.333. The SMILES string of the molecule is CC(C)(C)OC(=O)NC1=NC(c2ccccc2)(c2ccccc2)C(=O)N1CCCCCC(=O)OCc1ccccc1. The topological polar surface area (TPSA) is 97.3 Å². The standard InChI is InChI=1S/C33H37N3O5/c1-32(2,3)41-31(39)34-30-35-33(26-18-10-5-11-19-26,27-20-12-6-13-21-27)29(38)36(30)23-15-7-14-22-28(37)40-24-25-16-8-4-9-17-25/h4-6,8-13,16-21H,7,14-15,22-24H2,1-3H3,(H,34,35,39). The Balaban J connectivity index is 1.47. The highest BCUT2D eigenvalue weighted by atomic mass is 16.6. The molecule has 41 heavy (non-hydrogen) atoms. The number of benzene rings is 3. The van der Waals surface area contributed by atoms with Gasteiger partial charge in [-0.15, -0.1) is 0 Å². The number of aliphatic imine (C=N–C) groups is 1. The fourth-order valence-electron chi connectivity index (χ4n) is 4.68. The van der Waals surface area contributed by atoms with E-state index >= 15 is 0 Å². The van der Waals surface area contributed by atoms with E-state index in [0.29, 0.717) is 36.9 Å². The Morgan fingerprint density at radius 3 is 1.95 bits per heavy atom. The van der Waals surface area contributed by atoms with Crippen molar-refractivity contribution in [3.05, 3.63) is 108 Å². The Morgan fingerprint density at radius 1 is 0.829 bits per heavy atom. The van der Waals surface area contributed by atoms with Gasteiger partial charge in [0.05, 0.1) is 0 Å². The summed E-state index contributed by atoms with van der Waals surface area (Å²) in [4.78, 5) is 45.6. The second-order valence-corrected chi connectivity index (χ2v) is 10.9. The molecule has 1 aliphatic rings. The number of esters is 1. The van der Waals surface area contributed by atoms with Gasteiger partial charge in [0.2, 0.25) is 5.96 Å². The molecule has 0 spiro atoms. The van der Waals surface area contributed by atoms with Gasteiger partial charge in [0, 0.05) is 13.0 Å². The van der Waals surface area contributed by atoms with Crippen molar-refractivity contribution in [3.63, 3.8) is 0 Å². The van der Waals surface area contributed by atoms with Gasteiger partial charge >= 0.3 is 12.1 Å². The van der Waals surface area contributed by atoms with Crippen molar-refractivity contribution >= 4 is 23.9 Å². The molecular formula is C33H37N3O5. The van der Waals surface area contributed by atoms with E-state index < -0.39 is 17.2 Å². The number of hydrogen-bond acceptors (Lipinski definition) is 6. The summed E-state index contributed by atoms with van der Waals surface area (Å²) < 4.78 is 10.8. The van der Waals surface area contributed by atoms with Crippen LogP contribution in [0.3, 0.4) is 0 Å². The van der Waals surface area contributed by atoms with Gasteiger partial charge in [0.25, 0.3) is 5.91 Å². The van der Waals surface area contributed by atoms with E-state index in [1.807, 2.05) is 91.0 Å². The van der Waals surface area contributed by atoms with E-state index in [0.717, 1.165) is 5.56 Å². The van der Waals surface area contributed by atoms with E-state index in [9.17, 15) is 14.4 Å². The fourth-order valence-corrected chi connectivity index (χ4v) is 4.68. The molecule has 1 N–H and O–H groups in total. The highest BCUT2D eigenvalue weighted by molar-refractivity contribution is 6.12. The summed E-state index contributed by atoms with van der Waals surface area (Å²) in [5.41, 5.74) is 0.266. The lowest BCUT2D eigenvalue weighted by molar-refractivity contribution is -0.145. The van der Waals surface area contributed by atoms with Crippen LogP contribution in [0.25, 0.3) is 0 Å². The molecule has 0 saturated heterocycles. The van der Waals surface area contributed by atoms with Gasteiger partial charge in [0.1, 0.15) is 12.2 Å². The van der Waals surface area contributed by atoms with E-state index in [1.54, 1.807) is 20.8 Å². The molecule has 4 rings (SSSR count). The quantitative estimate of drug-likeness (QED) is 0.246. The first-order valence-corrected chi connectivity index (χ1v) is 13.9. The van der Waals surface area contributed by atoms with Crippen LogP contribution < -0.4 is 5.32 Å². The number of rotatable bonds is 10. The van der Waals surface area contributed by atoms with Crippen LogP contribution in [0.2, 0.25) is 0 Å². The van der Waals surface area contributed by atoms with Crippen molar-refractivity contribution in [2.45, 2.75) is 64.2 Å². The van der Waals surface area contributed by atoms with Crippen LogP contribution in [-0.2, 0) is 31.2 Å². The van der Waals surface area contributed by atoms with Crippen LogP contribution >= 0.6 is 0 Å². The lowest BCUT2D eigenvalue weighted by atomic mass is 9.83. The molecule has 3 aromatic carbocycles. The van der Waals surface area contributed by atoms with Crippen LogP contribution in [0.1, 0.15) is 63.1 Å². The van der Waals surface area contributed by atoms with Gasteiger partial charge in [-0.1, -0.05) is 97.4 Å². The number of ether oxygens (including phenoxy) is 2. The minimum Gasteiger partial charge on any atom is -0.461 e. The Kier molecular flexibility index (Phi) is 9.55. The molecule has 0 atom stereocenters. The zero-order valence-electron chi connectivity index (χ0n) is 23.8. The largest absolute Gasteiger partial charge is 0.461 e. The number of alkyl carbamates (subject to hydrolysis) is 1. The Labute approximate surface area is 241 Å². The molecular weight excluding hydrogens is 518 g/mol. The minimum absolute atomic E-state index is 0.138. The van der Waals surface area contributed by atoms with E-state index in [-0.39, 0.29) is 30.9 Å². The summed E-state index contributed by atoms with van der Waals surface area (Å²) in [6.45, 7) is 5.88. The van der Waals surface area contributed by atoms with Crippen LogP contribution in [-0.4, -0.2) is 41.0 Å². The molecule has 0 unspecified atom stereocenters. The number of nitrogens with one attached hydrogen (secondary N) is 1. The lowest BCUT2D eigenvalue weighted by Crippen LogP contribution is -2.47. The molecule has 1 aliphatic heterocycles. The summed E-state index contributed by atoms with van der Waals surface area (Å²) >= 11 is 0. The van der Waals surface area contributed by atoms with Crippen LogP contribution in [0.4, 0.5) is 4.79 Å². The average molecular weight is 556 g/mol. The third-order valence-electron chi connectivity index (χ3n) is 6.59. The molecule has 8 nitrogen and oxygen atoms in total. The summed E-state index contributed by atoms with van der Waals surface area (Å²) in [5.74, 6) is -0.380. The summed E-state index contributed by atoms with van der Waals surface area (Å²) in [7, 11) is 0. The van der Waals surface area contributed by atoms with E-state index in [2.05, 4.69) is 5.32 Å². The molecule has 2 amide bonds.